The van der Waals surface area contributed by atoms with E-state index in [-0.39, 0.29) is 11.5 Å². The molecule has 0 amide bonds. The topological polar surface area (TPSA) is 47.3 Å². The predicted molar refractivity (Wildman–Crippen MR) is 79.4 cm³/mol. The fraction of sp³-hybridized carbons (Fsp3) is 0.625. The van der Waals surface area contributed by atoms with Gasteiger partial charge in [0.15, 0.2) is 0 Å². The first-order chi connectivity index (χ1) is 9.04. The Hall–Kier alpha value is -0.900. The minimum atomic E-state index is 0.0507. The highest BCUT2D eigenvalue weighted by Crippen LogP contribution is 2.41. The number of aryl methyl sites for hydroxylation is 1. The van der Waals surface area contributed by atoms with Gasteiger partial charge in [0.25, 0.3) is 0 Å². The monoisotopic (exact) mass is 262 g/mol. The fourth-order valence-corrected chi connectivity index (χ4v) is 2.89. The van der Waals surface area contributed by atoms with Crippen LogP contribution in [-0.2, 0) is 4.74 Å². The van der Waals surface area contributed by atoms with Crippen LogP contribution in [0.15, 0.2) is 18.2 Å². The third-order valence-electron chi connectivity index (χ3n) is 4.37. The van der Waals surface area contributed by atoms with Crippen molar-refractivity contribution in [3.63, 3.8) is 0 Å². The molecule has 1 fully saturated rings. The van der Waals surface area contributed by atoms with E-state index in [2.05, 4.69) is 44.3 Å². The Kier molecular flexibility index (Phi) is 4.29. The van der Waals surface area contributed by atoms with E-state index in [4.69, 9.17) is 10.5 Å². The van der Waals surface area contributed by atoms with Crippen molar-refractivity contribution in [3.05, 3.63) is 34.9 Å². The maximum absolute atomic E-state index is 6.01. The molecule has 1 unspecified atom stereocenters. The van der Waals surface area contributed by atoms with Crippen LogP contribution in [0.25, 0.3) is 0 Å². The smallest absolute Gasteiger partial charge is 0.0575 e. The number of hydrogen-bond donors (Lipinski definition) is 2. The summed E-state index contributed by atoms with van der Waals surface area (Å²) in [6.45, 7) is 8.79. The van der Waals surface area contributed by atoms with Crippen molar-refractivity contribution in [1.82, 2.24) is 5.32 Å². The summed E-state index contributed by atoms with van der Waals surface area (Å²) in [7, 11) is 2.02. The van der Waals surface area contributed by atoms with Gasteiger partial charge in [-0.1, -0.05) is 32.0 Å². The van der Waals surface area contributed by atoms with Gasteiger partial charge >= 0.3 is 0 Å². The summed E-state index contributed by atoms with van der Waals surface area (Å²) in [5.74, 6) is 0.545. The zero-order valence-corrected chi connectivity index (χ0v) is 12.5. The summed E-state index contributed by atoms with van der Waals surface area (Å²) >= 11 is 0. The molecule has 3 heteroatoms. The molecule has 0 aromatic heterocycles. The molecule has 1 heterocycles. The molecule has 3 nitrogen and oxygen atoms in total. The third-order valence-corrected chi connectivity index (χ3v) is 4.37. The molecule has 1 aliphatic rings. The average molecular weight is 262 g/mol. The summed E-state index contributed by atoms with van der Waals surface area (Å²) in [4.78, 5) is 0. The normalized spacial score (nSPS) is 19.3. The zero-order valence-electron chi connectivity index (χ0n) is 12.5. The molecule has 0 saturated carbocycles. The number of nitrogens with one attached hydrogen (secondary N) is 1. The van der Waals surface area contributed by atoms with Crippen molar-refractivity contribution in [1.29, 1.82) is 0 Å². The number of hydrogen-bond acceptors (Lipinski definition) is 3. The summed E-state index contributed by atoms with van der Waals surface area (Å²) in [5, 5.41) is 3.46. The highest BCUT2D eigenvalue weighted by atomic mass is 16.5. The Bertz CT molecular complexity index is 433. The average Bonchev–Trinajstić information content (AvgIpc) is 2.34. The molecule has 0 radical (unpaired) electrons. The van der Waals surface area contributed by atoms with E-state index in [0.717, 1.165) is 13.2 Å². The first-order valence-electron chi connectivity index (χ1n) is 7.09. The largest absolute Gasteiger partial charge is 0.380 e. The second-order valence-electron chi connectivity index (χ2n) is 6.05. The van der Waals surface area contributed by atoms with Gasteiger partial charge in [0.1, 0.15) is 0 Å². The standard InChI is InChI=1S/C16H26N2O/c1-11(2)13-6-5-12(3)14(7-13)15(18-4)16(8-17)9-19-10-16/h5-7,11,15,18H,8-10,17H2,1-4H3. The molecule has 3 N–H and O–H groups in total. The van der Waals surface area contributed by atoms with E-state index >= 15 is 0 Å². The molecule has 1 aromatic rings. The third kappa shape index (κ3) is 2.55. The lowest BCUT2D eigenvalue weighted by Crippen LogP contribution is -2.55. The summed E-state index contributed by atoms with van der Waals surface area (Å²) in [6.07, 6.45) is 0. The van der Waals surface area contributed by atoms with Crippen molar-refractivity contribution >= 4 is 0 Å². The van der Waals surface area contributed by atoms with E-state index in [1.54, 1.807) is 0 Å². The van der Waals surface area contributed by atoms with Gasteiger partial charge in [-0.3, -0.25) is 0 Å². The van der Waals surface area contributed by atoms with E-state index < -0.39 is 0 Å². The highest BCUT2D eigenvalue weighted by Gasteiger charge is 2.45. The Morgan fingerprint density at radius 2 is 2.05 bits per heavy atom. The Labute approximate surface area is 116 Å². The maximum Gasteiger partial charge on any atom is 0.0575 e. The van der Waals surface area contributed by atoms with Gasteiger partial charge in [0.2, 0.25) is 0 Å². The molecule has 1 atom stereocenters. The molecule has 106 valence electrons. The predicted octanol–water partition coefficient (Wildman–Crippen LogP) is 2.35. The minimum Gasteiger partial charge on any atom is -0.380 e. The van der Waals surface area contributed by atoms with Gasteiger partial charge in [-0.15, -0.1) is 0 Å². The van der Waals surface area contributed by atoms with Gasteiger partial charge in [-0.05, 0) is 36.6 Å². The quantitative estimate of drug-likeness (QED) is 0.856. The molecule has 0 aliphatic carbocycles. The van der Waals surface area contributed by atoms with Crippen LogP contribution in [0.4, 0.5) is 0 Å². The fourth-order valence-electron chi connectivity index (χ4n) is 2.89. The van der Waals surface area contributed by atoms with Crippen LogP contribution >= 0.6 is 0 Å². The van der Waals surface area contributed by atoms with Gasteiger partial charge in [0.05, 0.1) is 13.2 Å². The van der Waals surface area contributed by atoms with Crippen molar-refractivity contribution in [2.75, 3.05) is 26.8 Å². The van der Waals surface area contributed by atoms with Gasteiger partial charge in [-0.25, -0.2) is 0 Å². The van der Waals surface area contributed by atoms with Gasteiger partial charge in [0, 0.05) is 18.0 Å². The number of benzene rings is 1. The SMILES string of the molecule is CNC(c1cc(C(C)C)ccc1C)C1(CN)COC1. The van der Waals surface area contributed by atoms with Crippen LogP contribution in [0.1, 0.15) is 42.5 Å². The van der Waals surface area contributed by atoms with E-state index in [1.165, 1.54) is 16.7 Å². The Morgan fingerprint density at radius 1 is 1.37 bits per heavy atom. The molecule has 2 rings (SSSR count). The minimum absolute atomic E-state index is 0.0507. The van der Waals surface area contributed by atoms with Crippen LogP contribution in [0, 0.1) is 12.3 Å². The van der Waals surface area contributed by atoms with E-state index in [1.807, 2.05) is 7.05 Å². The second-order valence-corrected chi connectivity index (χ2v) is 6.05. The Morgan fingerprint density at radius 3 is 2.47 bits per heavy atom. The zero-order chi connectivity index (χ0) is 14.0. The number of ether oxygens (including phenoxy) is 1. The summed E-state index contributed by atoms with van der Waals surface area (Å²) < 4.78 is 5.43. The van der Waals surface area contributed by atoms with Crippen molar-refractivity contribution in [2.24, 2.45) is 11.1 Å². The lowest BCUT2D eigenvalue weighted by molar-refractivity contribution is -0.126. The Balaban J connectivity index is 2.40. The molecule has 1 saturated heterocycles. The van der Waals surface area contributed by atoms with Crippen molar-refractivity contribution < 1.29 is 4.74 Å². The first-order valence-corrected chi connectivity index (χ1v) is 7.09. The van der Waals surface area contributed by atoms with Gasteiger partial charge in [-0.2, -0.15) is 0 Å². The van der Waals surface area contributed by atoms with Crippen LogP contribution in [-0.4, -0.2) is 26.8 Å². The molecule has 19 heavy (non-hydrogen) atoms. The van der Waals surface area contributed by atoms with Crippen molar-refractivity contribution in [3.8, 4) is 0 Å². The van der Waals surface area contributed by atoms with Crippen LogP contribution in [0.3, 0.4) is 0 Å². The number of nitrogens with two attached hydrogens (primary N) is 1. The van der Waals surface area contributed by atoms with Gasteiger partial charge < -0.3 is 15.8 Å². The molecule has 1 aromatic carbocycles. The molecular formula is C16H26N2O. The maximum atomic E-state index is 6.01. The van der Waals surface area contributed by atoms with Crippen LogP contribution in [0.5, 0.6) is 0 Å². The lowest BCUT2D eigenvalue weighted by atomic mass is 9.73. The van der Waals surface area contributed by atoms with Crippen LogP contribution < -0.4 is 11.1 Å². The van der Waals surface area contributed by atoms with E-state index in [9.17, 15) is 0 Å². The first kappa shape index (κ1) is 14.5. The summed E-state index contributed by atoms with van der Waals surface area (Å²) in [5.41, 5.74) is 10.1. The van der Waals surface area contributed by atoms with Crippen molar-refractivity contribution in [2.45, 2.75) is 32.7 Å². The molecule has 0 bridgehead atoms. The molecule has 1 aliphatic heterocycles. The highest BCUT2D eigenvalue weighted by molar-refractivity contribution is 5.36. The second kappa shape index (κ2) is 5.61. The molecular weight excluding hydrogens is 236 g/mol. The van der Waals surface area contributed by atoms with Crippen LogP contribution in [0.2, 0.25) is 0 Å². The number of rotatable bonds is 5. The lowest BCUT2D eigenvalue weighted by Gasteiger charge is -2.47. The van der Waals surface area contributed by atoms with E-state index in [0.29, 0.717) is 12.5 Å². The molecule has 0 spiro atoms. The summed E-state index contributed by atoms with van der Waals surface area (Å²) in [6, 6.07) is 7.04.